The molecule has 9 aromatic carbocycles. The molecular weight excluding hydrogens is 691 g/mol. The number of anilines is 3. The topological polar surface area (TPSA) is 16.4 Å². The van der Waals surface area contributed by atoms with E-state index in [2.05, 4.69) is 211 Å². The Labute approximate surface area is 331 Å². The summed E-state index contributed by atoms with van der Waals surface area (Å²) in [6.07, 6.45) is 0. The third kappa shape index (κ3) is 4.47. The summed E-state index contributed by atoms with van der Waals surface area (Å²) in [4.78, 5) is 2.49. The van der Waals surface area contributed by atoms with Crippen LogP contribution < -0.4 is 4.90 Å². The molecule has 0 aliphatic heterocycles. The van der Waals surface area contributed by atoms with Crippen LogP contribution in [0.25, 0.3) is 66.4 Å². The van der Waals surface area contributed by atoms with Crippen molar-refractivity contribution in [3.8, 4) is 44.5 Å². The quantitative estimate of drug-likeness (QED) is 0.176. The van der Waals surface area contributed by atoms with Gasteiger partial charge in [-0.25, -0.2) is 0 Å². The summed E-state index contributed by atoms with van der Waals surface area (Å²) in [5.41, 5.74) is 19.8. The van der Waals surface area contributed by atoms with E-state index in [9.17, 15) is 0 Å². The summed E-state index contributed by atoms with van der Waals surface area (Å²) in [5.74, 6) is 0. The van der Waals surface area contributed by atoms with Crippen LogP contribution in [0.2, 0.25) is 0 Å². The van der Waals surface area contributed by atoms with Gasteiger partial charge >= 0.3 is 0 Å². The molecule has 2 aliphatic rings. The normalized spacial score (nSPS) is 13.1. The fraction of sp³-hybridized carbons (Fsp3) is 0.0182. The molecule has 266 valence electrons. The van der Waals surface area contributed by atoms with Gasteiger partial charge in [0, 0.05) is 27.6 Å². The van der Waals surface area contributed by atoms with Gasteiger partial charge in [0.25, 0.3) is 0 Å². The highest BCUT2D eigenvalue weighted by molar-refractivity contribution is 6.14. The Balaban J connectivity index is 1.16. The zero-order valence-corrected chi connectivity index (χ0v) is 31.1. The maximum absolute atomic E-state index is 6.44. The molecular formula is C55H35NO. The van der Waals surface area contributed by atoms with Gasteiger partial charge < -0.3 is 9.32 Å². The number of benzene rings is 9. The lowest BCUT2D eigenvalue weighted by atomic mass is 9.70. The summed E-state index contributed by atoms with van der Waals surface area (Å²) in [6, 6.07) is 77.5. The first-order valence-electron chi connectivity index (χ1n) is 19.7. The van der Waals surface area contributed by atoms with Gasteiger partial charge in [0.2, 0.25) is 0 Å². The first kappa shape index (κ1) is 31.9. The van der Waals surface area contributed by atoms with E-state index in [0.29, 0.717) is 0 Å². The Kier molecular flexibility index (Phi) is 6.88. The second-order valence-corrected chi connectivity index (χ2v) is 15.1. The summed E-state index contributed by atoms with van der Waals surface area (Å²) >= 11 is 0. The van der Waals surface area contributed by atoms with Gasteiger partial charge in [-0.15, -0.1) is 0 Å². The average molecular weight is 726 g/mol. The minimum Gasteiger partial charge on any atom is -0.456 e. The predicted octanol–water partition coefficient (Wildman–Crippen LogP) is 14.7. The summed E-state index contributed by atoms with van der Waals surface area (Å²) in [6.45, 7) is 0. The van der Waals surface area contributed by atoms with Gasteiger partial charge in [-0.05, 0) is 92.0 Å². The van der Waals surface area contributed by atoms with Crippen LogP contribution in [0.1, 0.15) is 22.3 Å². The molecule has 0 bridgehead atoms. The highest BCUT2D eigenvalue weighted by Gasteiger charge is 2.52. The van der Waals surface area contributed by atoms with E-state index in [0.717, 1.165) is 50.1 Å². The Morgan fingerprint density at radius 3 is 1.60 bits per heavy atom. The van der Waals surface area contributed by atoms with E-state index in [-0.39, 0.29) is 0 Å². The van der Waals surface area contributed by atoms with Crippen molar-refractivity contribution in [1.82, 2.24) is 0 Å². The van der Waals surface area contributed by atoms with Crippen molar-refractivity contribution in [2.24, 2.45) is 0 Å². The Morgan fingerprint density at radius 1 is 0.333 bits per heavy atom. The number of nitrogens with zero attached hydrogens (tertiary/aromatic N) is 1. The molecule has 57 heavy (non-hydrogen) atoms. The second kappa shape index (κ2) is 12.3. The molecule has 1 heterocycles. The molecule has 0 atom stereocenters. The van der Waals surface area contributed by atoms with Crippen molar-refractivity contribution in [1.29, 1.82) is 0 Å². The first-order valence-corrected chi connectivity index (χ1v) is 19.7. The van der Waals surface area contributed by atoms with Crippen LogP contribution in [-0.4, -0.2) is 0 Å². The van der Waals surface area contributed by atoms with E-state index in [1.165, 1.54) is 55.6 Å². The van der Waals surface area contributed by atoms with E-state index < -0.39 is 5.41 Å². The third-order valence-corrected chi connectivity index (χ3v) is 12.3. The number of rotatable bonds is 5. The highest BCUT2D eigenvalue weighted by atomic mass is 16.3. The molecule has 0 radical (unpaired) electrons. The zero-order chi connectivity index (χ0) is 37.5. The maximum atomic E-state index is 6.44. The predicted molar refractivity (Wildman–Crippen MR) is 236 cm³/mol. The number of hydrogen-bond donors (Lipinski definition) is 0. The van der Waals surface area contributed by atoms with E-state index in [1.807, 2.05) is 6.07 Å². The number of para-hydroxylation sites is 2. The van der Waals surface area contributed by atoms with Gasteiger partial charge in [0.1, 0.15) is 11.2 Å². The summed E-state index contributed by atoms with van der Waals surface area (Å²) in [5, 5.41) is 2.24. The first-order chi connectivity index (χ1) is 28.3. The molecule has 2 nitrogen and oxygen atoms in total. The molecule has 1 spiro atoms. The largest absolute Gasteiger partial charge is 0.456 e. The molecule has 0 unspecified atom stereocenters. The maximum Gasteiger partial charge on any atom is 0.136 e. The van der Waals surface area contributed by atoms with Gasteiger partial charge in [-0.1, -0.05) is 176 Å². The van der Waals surface area contributed by atoms with Gasteiger partial charge in [-0.2, -0.15) is 0 Å². The van der Waals surface area contributed by atoms with Gasteiger partial charge in [-0.3, -0.25) is 0 Å². The van der Waals surface area contributed by atoms with E-state index in [1.54, 1.807) is 0 Å². The fourth-order valence-corrected chi connectivity index (χ4v) is 10.0. The second-order valence-electron chi connectivity index (χ2n) is 15.1. The standard InChI is InChI=1S/C55H35NO/c1-2-16-36(17-3-1)37-32-34-38(35-33-37)56(49-28-12-7-20-41(49)42-23-14-31-52-53(42)44-22-8-13-30-51(44)57-52)50-29-15-27-48-54(50)43-21-6-11-26-47(43)55(48)45-24-9-4-18-39(45)40-19-5-10-25-46(40)55/h1-35H. The van der Waals surface area contributed by atoms with Gasteiger partial charge in [0.15, 0.2) is 0 Å². The molecule has 0 saturated carbocycles. The summed E-state index contributed by atoms with van der Waals surface area (Å²) in [7, 11) is 0. The van der Waals surface area contributed by atoms with Crippen LogP contribution in [0.15, 0.2) is 217 Å². The van der Waals surface area contributed by atoms with Crippen LogP contribution in [-0.2, 0) is 5.41 Å². The lowest BCUT2D eigenvalue weighted by Crippen LogP contribution is -2.26. The van der Waals surface area contributed by atoms with Crippen molar-refractivity contribution < 1.29 is 4.42 Å². The number of hydrogen-bond acceptors (Lipinski definition) is 2. The lowest BCUT2D eigenvalue weighted by Gasteiger charge is -2.32. The highest BCUT2D eigenvalue weighted by Crippen LogP contribution is 2.64. The lowest BCUT2D eigenvalue weighted by molar-refractivity contribution is 0.669. The van der Waals surface area contributed by atoms with Gasteiger partial charge in [0.05, 0.1) is 16.8 Å². The molecule has 0 amide bonds. The van der Waals surface area contributed by atoms with Crippen LogP contribution in [0, 0.1) is 0 Å². The fourth-order valence-electron chi connectivity index (χ4n) is 10.0. The van der Waals surface area contributed by atoms with Crippen molar-refractivity contribution in [2.75, 3.05) is 4.90 Å². The van der Waals surface area contributed by atoms with Crippen LogP contribution >= 0.6 is 0 Å². The molecule has 0 N–H and O–H groups in total. The number of fused-ring (bicyclic) bond motifs is 13. The molecule has 0 fully saturated rings. The van der Waals surface area contributed by atoms with Crippen LogP contribution in [0.5, 0.6) is 0 Å². The van der Waals surface area contributed by atoms with Crippen molar-refractivity contribution in [3.63, 3.8) is 0 Å². The number of furan rings is 1. The molecule has 0 saturated heterocycles. The molecule has 10 aromatic rings. The monoisotopic (exact) mass is 725 g/mol. The molecule has 1 aromatic heterocycles. The van der Waals surface area contributed by atoms with E-state index >= 15 is 0 Å². The zero-order valence-electron chi connectivity index (χ0n) is 31.1. The molecule has 2 aliphatic carbocycles. The van der Waals surface area contributed by atoms with Crippen LogP contribution in [0.3, 0.4) is 0 Å². The third-order valence-electron chi connectivity index (χ3n) is 12.3. The van der Waals surface area contributed by atoms with Crippen molar-refractivity contribution in [2.45, 2.75) is 5.41 Å². The molecule has 2 heteroatoms. The average Bonchev–Trinajstić information content (AvgIpc) is 3.92. The van der Waals surface area contributed by atoms with Crippen molar-refractivity contribution >= 4 is 39.0 Å². The summed E-state index contributed by atoms with van der Waals surface area (Å²) < 4.78 is 6.44. The Bertz CT molecular complexity index is 3140. The minimum absolute atomic E-state index is 0.446. The minimum atomic E-state index is -0.446. The molecule has 12 rings (SSSR count). The van der Waals surface area contributed by atoms with Crippen LogP contribution in [0.4, 0.5) is 17.1 Å². The Hall–Kier alpha value is -7.42. The smallest absolute Gasteiger partial charge is 0.136 e. The SMILES string of the molecule is c1ccc(-c2ccc(N(c3ccccc3-c3cccc4oc5ccccc5c34)c3cccc4c3-c3ccccc3C43c4ccccc4-c4ccccc43)cc2)cc1. The van der Waals surface area contributed by atoms with Crippen molar-refractivity contribution in [3.05, 3.63) is 235 Å². The Morgan fingerprint density at radius 2 is 0.842 bits per heavy atom. The van der Waals surface area contributed by atoms with E-state index in [4.69, 9.17) is 4.42 Å².